The van der Waals surface area contributed by atoms with E-state index in [1.165, 1.54) is 16.0 Å². The number of hydrogen-bond donors (Lipinski definition) is 1. The van der Waals surface area contributed by atoms with Crippen LogP contribution in [0.3, 0.4) is 0 Å². The van der Waals surface area contributed by atoms with Gasteiger partial charge in [0.1, 0.15) is 12.7 Å². The van der Waals surface area contributed by atoms with E-state index in [-0.39, 0.29) is 0 Å². The van der Waals surface area contributed by atoms with Gasteiger partial charge in [-0.05, 0) is 33.1 Å². The molecule has 0 unspecified atom stereocenters. The summed E-state index contributed by atoms with van der Waals surface area (Å²) >= 11 is 5.24. The Hall–Kier alpha value is -1.50. The lowest BCUT2D eigenvalue weighted by Crippen LogP contribution is -2.11. The van der Waals surface area contributed by atoms with Crippen LogP contribution in [0.25, 0.3) is 0 Å². The van der Waals surface area contributed by atoms with E-state index in [0.717, 1.165) is 24.1 Å². The monoisotopic (exact) mass is 362 g/mol. The molecule has 3 rings (SSSR count). The quantitative estimate of drug-likeness (QED) is 0.730. The first-order chi connectivity index (χ1) is 10.3. The molecule has 1 N–H and O–H groups in total. The molecule has 6 heteroatoms. The van der Waals surface area contributed by atoms with E-state index in [1.807, 2.05) is 4.68 Å². The number of aromatic nitrogens is 3. The van der Waals surface area contributed by atoms with Gasteiger partial charge in [-0.1, -0.05) is 24.3 Å². The largest absolute Gasteiger partial charge is 0.308 e. The van der Waals surface area contributed by atoms with Crippen LogP contribution < -0.4 is 5.32 Å². The summed E-state index contributed by atoms with van der Waals surface area (Å²) in [6, 6.07) is 10.7. The van der Waals surface area contributed by atoms with Crippen LogP contribution in [0, 0.1) is 0 Å². The Labute approximate surface area is 136 Å². The number of hydrogen-bond acceptors (Lipinski definition) is 4. The van der Waals surface area contributed by atoms with Crippen molar-refractivity contribution in [2.75, 3.05) is 0 Å². The molecule has 0 aliphatic heterocycles. The number of nitrogens with one attached hydrogen (secondary N) is 1. The minimum Gasteiger partial charge on any atom is -0.308 e. The average molecular weight is 363 g/mol. The van der Waals surface area contributed by atoms with Crippen LogP contribution in [0.15, 0.2) is 52.8 Å². The van der Waals surface area contributed by atoms with Gasteiger partial charge in [0.15, 0.2) is 0 Å². The topological polar surface area (TPSA) is 42.7 Å². The Bertz CT molecular complexity index is 676. The van der Waals surface area contributed by atoms with Crippen LogP contribution in [0.5, 0.6) is 0 Å². The first-order valence-electron chi connectivity index (χ1n) is 6.63. The summed E-state index contributed by atoms with van der Waals surface area (Å²) in [6.45, 7) is 2.53. The van der Waals surface area contributed by atoms with Gasteiger partial charge in [-0.15, -0.1) is 11.3 Å². The van der Waals surface area contributed by atoms with Gasteiger partial charge < -0.3 is 5.32 Å². The second-order valence-corrected chi connectivity index (χ2v) is 6.66. The summed E-state index contributed by atoms with van der Waals surface area (Å²) in [4.78, 5) is 5.28. The molecule has 0 atom stereocenters. The molecular formula is C15H15BrN4S. The highest BCUT2D eigenvalue weighted by Crippen LogP contribution is 2.19. The van der Waals surface area contributed by atoms with E-state index in [0.29, 0.717) is 0 Å². The van der Waals surface area contributed by atoms with Gasteiger partial charge in [0.05, 0.1) is 6.54 Å². The summed E-state index contributed by atoms with van der Waals surface area (Å²) < 4.78 is 2.98. The second-order valence-electron chi connectivity index (χ2n) is 4.74. The summed E-state index contributed by atoms with van der Waals surface area (Å²) in [5.41, 5.74) is 2.51. The molecule has 2 aromatic heterocycles. The first-order valence-corrected chi connectivity index (χ1v) is 8.31. The highest BCUT2D eigenvalue weighted by Gasteiger charge is 1.99. The lowest BCUT2D eigenvalue weighted by atomic mass is 10.1. The number of halogens is 1. The zero-order valence-electron chi connectivity index (χ0n) is 11.4. The summed E-state index contributed by atoms with van der Waals surface area (Å²) in [5, 5.41) is 9.68. The standard InChI is InChI=1S/C15H15BrN4S/c16-14-5-15(21-9-14)7-17-6-12-1-3-13(4-2-12)8-20-11-18-10-19-20/h1-5,9-11,17H,6-8H2. The smallest absolute Gasteiger partial charge is 0.137 e. The molecule has 3 aromatic rings. The maximum atomic E-state index is 4.11. The lowest BCUT2D eigenvalue weighted by molar-refractivity contribution is 0.681. The van der Waals surface area contributed by atoms with Gasteiger partial charge in [-0.25, -0.2) is 9.67 Å². The van der Waals surface area contributed by atoms with Crippen molar-refractivity contribution in [2.24, 2.45) is 0 Å². The molecule has 2 heterocycles. The van der Waals surface area contributed by atoms with Gasteiger partial charge in [-0.3, -0.25) is 0 Å². The SMILES string of the molecule is Brc1csc(CNCc2ccc(Cn3cncn3)cc2)c1. The molecule has 4 nitrogen and oxygen atoms in total. The molecule has 0 aliphatic carbocycles. The van der Waals surface area contributed by atoms with Crippen LogP contribution >= 0.6 is 27.3 Å². The Kier molecular flexibility index (Phi) is 4.80. The number of thiophene rings is 1. The molecule has 0 bridgehead atoms. The Morgan fingerprint density at radius 3 is 2.62 bits per heavy atom. The summed E-state index contributed by atoms with van der Waals surface area (Å²) in [7, 11) is 0. The van der Waals surface area contributed by atoms with E-state index >= 15 is 0 Å². The third-order valence-corrected chi connectivity index (χ3v) is 4.78. The fourth-order valence-electron chi connectivity index (χ4n) is 2.04. The van der Waals surface area contributed by atoms with Crippen molar-refractivity contribution in [3.8, 4) is 0 Å². The third-order valence-electron chi connectivity index (χ3n) is 3.08. The van der Waals surface area contributed by atoms with Crippen molar-refractivity contribution in [3.63, 3.8) is 0 Å². The minimum atomic E-state index is 0.761. The maximum Gasteiger partial charge on any atom is 0.137 e. The molecular weight excluding hydrogens is 348 g/mol. The zero-order chi connectivity index (χ0) is 14.5. The molecule has 0 aliphatic rings. The second kappa shape index (κ2) is 6.98. The van der Waals surface area contributed by atoms with Gasteiger partial charge in [0, 0.05) is 27.8 Å². The van der Waals surface area contributed by atoms with Crippen molar-refractivity contribution in [3.05, 3.63) is 68.8 Å². The molecule has 0 fully saturated rings. The normalized spacial score (nSPS) is 10.9. The molecule has 0 radical (unpaired) electrons. The third kappa shape index (κ3) is 4.23. The summed E-state index contributed by atoms with van der Waals surface area (Å²) in [6.07, 6.45) is 3.29. The minimum absolute atomic E-state index is 0.761. The van der Waals surface area contributed by atoms with E-state index in [4.69, 9.17) is 0 Å². The zero-order valence-corrected chi connectivity index (χ0v) is 13.8. The van der Waals surface area contributed by atoms with Gasteiger partial charge in [-0.2, -0.15) is 5.10 Å². The first kappa shape index (κ1) is 14.4. The molecule has 0 saturated heterocycles. The van der Waals surface area contributed by atoms with Crippen LogP contribution in [0.2, 0.25) is 0 Å². The van der Waals surface area contributed by atoms with Gasteiger partial charge in [0.25, 0.3) is 0 Å². The van der Waals surface area contributed by atoms with E-state index in [2.05, 4.69) is 67.0 Å². The van der Waals surface area contributed by atoms with Crippen molar-refractivity contribution in [2.45, 2.75) is 19.6 Å². The fourth-order valence-corrected chi connectivity index (χ4v) is 3.46. The van der Waals surface area contributed by atoms with E-state index in [1.54, 1.807) is 24.0 Å². The van der Waals surface area contributed by atoms with Crippen LogP contribution in [-0.4, -0.2) is 14.8 Å². The predicted octanol–water partition coefficient (Wildman–Crippen LogP) is 3.44. The fraction of sp³-hybridized carbons (Fsp3) is 0.200. The van der Waals surface area contributed by atoms with Crippen LogP contribution in [-0.2, 0) is 19.6 Å². The van der Waals surface area contributed by atoms with Crippen molar-refractivity contribution >= 4 is 27.3 Å². The summed E-state index contributed by atoms with van der Waals surface area (Å²) in [5.74, 6) is 0. The lowest BCUT2D eigenvalue weighted by Gasteiger charge is -2.05. The molecule has 0 saturated carbocycles. The highest BCUT2D eigenvalue weighted by molar-refractivity contribution is 9.10. The van der Waals surface area contributed by atoms with Crippen molar-refractivity contribution < 1.29 is 0 Å². The molecule has 0 spiro atoms. The Morgan fingerprint density at radius 1 is 1.14 bits per heavy atom. The van der Waals surface area contributed by atoms with E-state index in [9.17, 15) is 0 Å². The predicted molar refractivity (Wildman–Crippen MR) is 88.1 cm³/mol. The molecule has 0 amide bonds. The van der Waals surface area contributed by atoms with Gasteiger partial charge >= 0.3 is 0 Å². The highest BCUT2D eigenvalue weighted by atomic mass is 79.9. The average Bonchev–Trinajstić information content (AvgIpc) is 3.13. The van der Waals surface area contributed by atoms with Gasteiger partial charge in [0.2, 0.25) is 0 Å². The van der Waals surface area contributed by atoms with Crippen LogP contribution in [0.1, 0.15) is 16.0 Å². The number of benzene rings is 1. The Balaban J connectivity index is 1.50. The van der Waals surface area contributed by atoms with E-state index < -0.39 is 0 Å². The number of nitrogens with zero attached hydrogens (tertiary/aromatic N) is 3. The van der Waals surface area contributed by atoms with Crippen molar-refractivity contribution in [1.82, 2.24) is 20.1 Å². The number of rotatable bonds is 6. The Morgan fingerprint density at radius 2 is 1.95 bits per heavy atom. The molecule has 21 heavy (non-hydrogen) atoms. The molecule has 1 aromatic carbocycles. The van der Waals surface area contributed by atoms with Crippen LogP contribution in [0.4, 0.5) is 0 Å². The molecule has 108 valence electrons. The maximum absolute atomic E-state index is 4.11. The van der Waals surface area contributed by atoms with Crippen molar-refractivity contribution in [1.29, 1.82) is 0 Å².